The van der Waals surface area contributed by atoms with E-state index in [4.69, 9.17) is 4.74 Å². The number of benzene rings is 2. The maximum Gasteiger partial charge on any atom is 0.243 e. The molecule has 3 aliphatic rings. The second-order valence-electron chi connectivity index (χ2n) is 11.9. The zero-order valence-electron chi connectivity index (χ0n) is 21.2. The van der Waals surface area contributed by atoms with Gasteiger partial charge in [0.1, 0.15) is 5.75 Å². The number of H-pyrrole nitrogens is 1. The van der Waals surface area contributed by atoms with Crippen LogP contribution in [-0.4, -0.2) is 23.9 Å². The van der Waals surface area contributed by atoms with Crippen molar-refractivity contribution in [3.8, 4) is 5.75 Å². The third-order valence-electron chi connectivity index (χ3n) is 8.97. The van der Waals surface area contributed by atoms with Gasteiger partial charge in [0.05, 0.1) is 24.6 Å². The van der Waals surface area contributed by atoms with Crippen molar-refractivity contribution in [1.29, 1.82) is 0 Å². The fourth-order valence-electron chi connectivity index (χ4n) is 7.15. The third-order valence-corrected chi connectivity index (χ3v) is 8.97. The predicted octanol–water partition coefficient (Wildman–Crippen LogP) is 6.32. The van der Waals surface area contributed by atoms with Crippen LogP contribution >= 0.6 is 0 Å². The number of aromatic nitrogens is 1. The average molecular weight is 471 g/mol. The lowest BCUT2D eigenvalue weighted by atomic mass is 9.56. The zero-order chi connectivity index (χ0) is 24.6. The monoisotopic (exact) mass is 470 g/mol. The number of nitrogens with one attached hydrogen (secondary N) is 1. The number of hydrogen-bond donors (Lipinski definition) is 1. The van der Waals surface area contributed by atoms with Crippen molar-refractivity contribution >= 4 is 28.4 Å². The quantitative estimate of drug-likeness (QED) is 0.446. The maximum atomic E-state index is 14.1. The molecule has 1 aromatic heterocycles. The Bertz CT molecular complexity index is 1330. The van der Waals surface area contributed by atoms with E-state index in [-0.39, 0.29) is 29.1 Å². The number of nitrogens with zero attached hydrogens (tertiary/aromatic N) is 1. The van der Waals surface area contributed by atoms with Crippen molar-refractivity contribution in [3.63, 3.8) is 0 Å². The van der Waals surface area contributed by atoms with E-state index in [1.165, 1.54) is 21.4 Å². The highest BCUT2D eigenvalue weighted by Crippen LogP contribution is 2.60. The van der Waals surface area contributed by atoms with Crippen LogP contribution in [0.15, 0.2) is 42.5 Å². The minimum absolute atomic E-state index is 0.0461. The van der Waals surface area contributed by atoms with Gasteiger partial charge in [-0.2, -0.15) is 0 Å². The summed E-state index contributed by atoms with van der Waals surface area (Å²) in [6.45, 7) is 9.05. The smallest absolute Gasteiger partial charge is 0.243 e. The van der Waals surface area contributed by atoms with Crippen molar-refractivity contribution in [2.75, 3.05) is 12.0 Å². The molecule has 35 heavy (non-hydrogen) atoms. The van der Waals surface area contributed by atoms with Crippen LogP contribution < -0.4 is 9.64 Å². The van der Waals surface area contributed by atoms with E-state index in [0.29, 0.717) is 23.3 Å². The van der Waals surface area contributed by atoms with Crippen LogP contribution in [0.2, 0.25) is 0 Å². The van der Waals surface area contributed by atoms with Crippen LogP contribution in [0.5, 0.6) is 5.75 Å². The second-order valence-corrected chi connectivity index (χ2v) is 11.9. The first-order valence-electron chi connectivity index (χ1n) is 12.8. The van der Waals surface area contributed by atoms with Crippen LogP contribution in [0.4, 0.5) is 5.69 Å². The average Bonchev–Trinajstić information content (AvgIpc) is 3.33. The van der Waals surface area contributed by atoms with Gasteiger partial charge in [0.25, 0.3) is 0 Å². The Morgan fingerprint density at radius 1 is 1.00 bits per heavy atom. The number of fused-ring (bicyclic) bond motifs is 8. The molecule has 2 fully saturated rings. The summed E-state index contributed by atoms with van der Waals surface area (Å²) in [6.07, 6.45) is 3.21. The van der Waals surface area contributed by atoms with E-state index < -0.39 is 5.92 Å². The second kappa shape index (κ2) is 7.71. The Morgan fingerprint density at radius 3 is 2.43 bits per heavy atom. The number of amides is 2. The Kier molecular flexibility index (Phi) is 4.93. The summed E-state index contributed by atoms with van der Waals surface area (Å²) in [4.78, 5) is 33.1. The first-order chi connectivity index (χ1) is 16.7. The fourth-order valence-corrected chi connectivity index (χ4v) is 7.15. The minimum Gasteiger partial charge on any atom is -0.497 e. The topological polar surface area (TPSA) is 62.4 Å². The van der Waals surface area contributed by atoms with Gasteiger partial charge in [0.15, 0.2) is 0 Å². The summed E-state index contributed by atoms with van der Waals surface area (Å²) in [7, 11) is 1.61. The molecule has 2 aromatic carbocycles. The van der Waals surface area contributed by atoms with Gasteiger partial charge in [0, 0.05) is 16.6 Å². The van der Waals surface area contributed by atoms with Crippen molar-refractivity contribution in [1.82, 2.24) is 4.98 Å². The summed E-state index contributed by atoms with van der Waals surface area (Å²) in [5.74, 6) is 0.794. The van der Waals surface area contributed by atoms with Crippen molar-refractivity contribution in [2.24, 2.45) is 23.2 Å². The molecular formula is C30H34N2O3. The van der Waals surface area contributed by atoms with Crippen LogP contribution in [0.3, 0.4) is 0 Å². The van der Waals surface area contributed by atoms with Crippen molar-refractivity contribution in [3.05, 3.63) is 59.3 Å². The lowest BCUT2D eigenvalue weighted by Crippen LogP contribution is -2.41. The van der Waals surface area contributed by atoms with Gasteiger partial charge in [-0.1, -0.05) is 32.4 Å². The van der Waals surface area contributed by atoms with E-state index in [2.05, 4.69) is 50.9 Å². The first kappa shape index (κ1) is 22.4. The lowest BCUT2D eigenvalue weighted by molar-refractivity contribution is -0.123. The van der Waals surface area contributed by atoms with E-state index in [9.17, 15) is 9.59 Å². The molecule has 2 aliphatic carbocycles. The molecule has 1 saturated carbocycles. The van der Waals surface area contributed by atoms with Gasteiger partial charge in [-0.3, -0.25) is 9.59 Å². The van der Waals surface area contributed by atoms with Crippen LogP contribution in [0, 0.1) is 30.1 Å². The van der Waals surface area contributed by atoms with Crippen LogP contribution in [0.1, 0.15) is 68.7 Å². The Hall–Kier alpha value is -3.08. The van der Waals surface area contributed by atoms with Gasteiger partial charge in [0.2, 0.25) is 11.8 Å². The molecule has 5 heteroatoms. The van der Waals surface area contributed by atoms with Gasteiger partial charge in [-0.15, -0.1) is 0 Å². The molecule has 1 N–H and O–H groups in total. The van der Waals surface area contributed by atoms with Gasteiger partial charge in [-0.05, 0) is 91.3 Å². The van der Waals surface area contributed by atoms with Gasteiger partial charge >= 0.3 is 0 Å². The summed E-state index contributed by atoms with van der Waals surface area (Å²) in [6, 6.07) is 13.7. The van der Waals surface area contributed by atoms with Crippen molar-refractivity contribution < 1.29 is 14.3 Å². The number of methoxy groups -OCH3 is 1. The molecule has 0 spiro atoms. The third kappa shape index (κ3) is 3.27. The fraction of sp³-hybridized carbons (Fsp3) is 0.467. The molecule has 2 heterocycles. The summed E-state index contributed by atoms with van der Waals surface area (Å²) in [5.41, 5.74) is 5.36. The van der Waals surface area contributed by atoms with Gasteiger partial charge in [-0.25, -0.2) is 4.90 Å². The minimum atomic E-state index is -0.452. The molecule has 1 saturated heterocycles. The number of rotatable bonds is 2. The summed E-state index contributed by atoms with van der Waals surface area (Å²) < 4.78 is 5.29. The highest BCUT2D eigenvalue weighted by molar-refractivity contribution is 6.24. The molecule has 0 radical (unpaired) electrons. The zero-order valence-corrected chi connectivity index (χ0v) is 21.2. The number of aromatic amines is 1. The van der Waals surface area contributed by atoms with Crippen LogP contribution in [-0.2, 0) is 9.59 Å². The SMILES string of the molecule is COc1ccc(N2C(=O)C3c4[nH]c5ccc(C)cc5c4C4CCC(C(C)(C)C)CC4C3C2=O)cc1. The first-order valence-corrected chi connectivity index (χ1v) is 12.8. The number of aryl methyl sites for hydroxylation is 1. The maximum absolute atomic E-state index is 14.1. The molecule has 5 nitrogen and oxygen atoms in total. The Morgan fingerprint density at radius 2 is 1.74 bits per heavy atom. The summed E-state index contributed by atoms with van der Waals surface area (Å²) >= 11 is 0. The van der Waals surface area contributed by atoms with Crippen LogP contribution in [0.25, 0.3) is 10.9 Å². The van der Waals surface area contributed by atoms with E-state index in [1.807, 2.05) is 24.3 Å². The number of carbonyl (C=O) groups is 2. The Balaban J connectivity index is 1.51. The number of imide groups is 1. The van der Waals surface area contributed by atoms with Crippen molar-refractivity contribution in [2.45, 2.75) is 58.8 Å². The highest BCUT2D eigenvalue weighted by Gasteiger charge is 2.59. The van der Waals surface area contributed by atoms with E-state index in [0.717, 1.165) is 30.5 Å². The number of carbonyl (C=O) groups excluding carboxylic acids is 2. The van der Waals surface area contributed by atoms with Gasteiger partial charge < -0.3 is 9.72 Å². The Labute approximate surface area is 206 Å². The number of hydrogen-bond acceptors (Lipinski definition) is 3. The standard InChI is InChI=1S/C30H34N2O3/c1-16-6-13-23-22(14-16)24-20-12-7-17(30(2,3)4)15-21(20)25-26(27(24)31-23)29(34)32(28(25)33)18-8-10-19(35-5)11-9-18/h6,8-11,13-14,17,20-21,25-26,31H,7,12,15H2,1-5H3. The molecule has 5 atom stereocenters. The molecule has 6 rings (SSSR count). The molecule has 3 aromatic rings. The molecule has 0 bridgehead atoms. The number of anilines is 1. The predicted molar refractivity (Wildman–Crippen MR) is 138 cm³/mol. The number of ether oxygens (including phenoxy) is 1. The summed E-state index contributed by atoms with van der Waals surface area (Å²) in [5, 5.41) is 1.23. The highest BCUT2D eigenvalue weighted by atomic mass is 16.5. The normalized spacial score (nSPS) is 28.1. The molecular weight excluding hydrogens is 436 g/mol. The van der Waals surface area contributed by atoms with E-state index >= 15 is 0 Å². The van der Waals surface area contributed by atoms with E-state index in [1.54, 1.807) is 7.11 Å². The molecule has 5 unspecified atom stereocenters. The largest absolute Gasteiger partial charge is 0.497 e. The molecule has 182 valence electrons. The molecule has 2 amide bonds. The lowest BCUT2D eigenvalue weighted by Gasteiger charge is -2.47. The molecule has 1 aliphatic heterocycles.